The molecule has 0 spiro atoms. The van der Waals surface area contributed by atoms with Crippen LogP contribution in [0.25, 0.3) is 10.9 Å². The summed E-state index contributed by atoms with van der Waals surface area (Å²) in [5.74, 6) is -1.03. The molecule has 0 radical (unpaired) electrons. The molecule has 0 bridgehead atoms. The highest BCUT2D eigenvalue weighted by atomic mass is 35.5. The number of hydrogen-bond donors (Lipinski definition) is 3. The quantitative estimate of drug-likeness (QED) is 0.269. The normalized spacial score (nSPS) is 13.5. The van der Waals surface area contributed by atoms with Crippen molar-refractivity contribution in [1.29, 1.82) is 0 Å². The number of nitrogens with zero attached hydrogens (tertiary/aromatic N) is 1. The molecule has 2 atom stereocenters. The Morgan fingerprint density at radius 1 is 1.03 bits per heavy atom. The number of aliphatic hydroxyl groups excluding tert-OH is 1. The van der Waals surface area contributed by atoms with E-state index >= 15 is 0 Å². The van der Waals surface area contributed by atoms with Gasteiger partial charge in [0.05, 0.1) is 11.0 Å². The molecule has 0 saturated carbocycles. The predicted molar refractivity (Wildman–Crippen MR) is 145 cm³/mol. The second kappa shape index (κ2) is 11.1. The summed E-state index contributed by atoms with van der Waals surface area (Å²) in [6.45, 7) is 2.71. The molecule has 37 heavy (non-hydrogen) atoms. The van der Waals surface area contributed by atoms with Gasteiger partial charge in [-0.25, -0.2) is 13.2 Å². The van der Waals surface area contributed by atoms with E-state index in [1.165, 1.54) is 12.1 Å². The van der Waals surface area contributed by atoms with E-state index in [0.29, 0.717) is 24.5 Å². The molecule has 4 aromatic rings. The summed E-state index contributed by atoms with van der Waals surface area (Å²) in [5, 5.41) is 25.0. The van der Waals surface area contributed by atoms with Gasteiger partial charge in [0.25, 0.3) is 0 Å². The highest BCUT2D eigenvalue weighted by Crippen LogP contribution is 2.24. The van der Waals surface area contributed by atoms with Crippen LogP contribution in [0, 0.1) is 0 Å². The molecule has 1 aromatic heterocycles. The molecule has 1 unspecified atom stereocenters. The lowest BCUT2D eigenvalue weighted by Crippen LogP contribution is -2.32. The molecule has 0 fully saturated rings. The van der Waals surface area contributed by atoms with Gasteiger partial charge in [-0.2, -0.15) is 0 Å². The van der Waals surface area contributed by atoms with Gasteiger partial charge in [-0.15, -0.1) is 0 Å². The van der Waals surface area contributed by atoms with Crippen molar-refractivity contribution >= 4 is 38.3 Å². The van der Waals surface area contributed by atoms with Gasteiger partial charge in [-0.3, -0.25) is 0 Å². The highest BCUT2D eigenvalue weighted by Gasteiger charge is 2.17. The number of benzene rings is 3. The van der Waals surface area contributed by atoms with E-state index in [1.807, 2.05) is 37.3 Å². The fourth-order valence-electron chi connectivity index (χ4n) is 4.39. The van der Waals surface area contributed by atoms with E-state index in [1.54, 1.807) is 34.9 Å². The summed E-state index contributed by atoms with van der Waals surface area (Å²) in [6.07, 6.45) is 1.17. The fraction of sp³-hybridized carbons (Fsp3) is 0.250. The first-order valence-electron chi connectivity index (χ1n) is 11.8. The molecule has 194 valence electrons. The predicted octanol–water partition coefficient (Wildman–Crippen LogP) is 4.70. The maximum Gasteiger partial charge on any atom is 0.352 e. The van der Waals surface area contributed by atoms with Gasteiger partial charge in [0, 0.05) is 41.3 Å². The Kier molecular flexibility index (Phi) is 8.04. The molecule has 0 aliphatic heterocycles. The smallest absolute Gasteiger partial charge is 0.352 e. The molecular formula is C28H29ClN2O5S. The number of carbonyl (C=O) groups is 1. The number of aliphatic hydroxyl groups is 1. The van der Waals surface area contributed by atoms with Crippen LogP contribution in [-0.2, 0) is 22.8 Å². The van der Waals surface area contributed by atoms with Crippen molar-refractivity contribution in [2.45, 2.75) is 36.9 Å². The van der Waals surface area contributed by atoms with Crippen LogP contribution in [-0.4, -0.2) is 48.0 Å². The van der Waals surface area contributed by atoms with Crippen molar-refractivity contribution in [1.82, 2.24) is 9.88 Å². The van der Waals surface area contributed by atoms with Crippen LogP contribution in [0.1, 0.15) is 40.2 Å². The Balaban J connectivity index is 1.49. The minimum Gasteiger partial charge on any atom is -0.477 e. The van der Waals surface area contributed by atoms with Crippen LogP contribution in [0.3, 0.4) is 0 Å². The first-order valence-corrected chi connectivity index (χ1v) is 14.1. The molecule has 3 aromatic carbocycles. The van der Waals surface area contributed by atoms with E-state index in [-0.39, 0.29) is 16.6 Å². The lowest BCUT2D eigenvalue weighted by atomic mass is 10.0. The summed E-state index contributed by atoms with van der Waals surface area (Å²) in [5.41, 5.74) is 3.53. The average Bonchev–Trinajstić information content (AvgIpc) is 3.20. The molecule has 3 N–H and O–H groups in total. The van der Waals surface area contributed by atoms with Crippen molar-refractivity contribution in [2.24, 2.45) is 0 Å². The van der Waals surface area contributed by atoms with Crippen LogP contribution in [0.2, 0.25) is 5.02 Å². The summed E-state index contributed by atoms with van der Waals surface area (Å²) in [4.78, 5) is 12.2. The Labute approximate surface area is 221 Å². The van der Waals surface area contributed by atoms with E-state index in [9.17, 15) is 23.4 Å². The number of hydrogen-bond acceptors (Lipinski definition) is 5. The van der Waals surface area contributed by atoms with Crippen molar-refractivity contribution in [3.05, 3.63) is 100 Å². The molecule has 7 nitrogen and oxygen atoms in total. The summed E-state index contributed by atoms with van der Waals surface area (Å²) in [7, 11) is -3.30. The zero-order valence-electron chi connectivity index (χ0n) is 20.6. The number of sulfone groups is 1. The van der Waals surface area contributed by atoms with Gasteiger partial charge in [0.2, 0.25) is 0 Å². The number of carboxylic acids is 1. The Bertz CT molecular complexity index is 1530. The maximum atomic E-state index is 12.0. The van der Waals surface area contributed by atoms with E-state index in [2.05, 4.69) is 5.32 Å². The summed E-state index contributed by atoms with van der Waals surface area (Å²) >= 11 is 6.01. The molecule has 0 amide bonds. The molecule has 4 rings (SSSR count). The van der Waals surface area contributed by atoms with Crippen LogP contribution in [0.4, 0.5) is 0 Å². The summed E-state index contributed by atoms with van der Waals surface area (Å²) < 4.78 is 25.2. The number of aromatic nitrogens is 1. The maximum absolute atomic E-state index is 12.0. The molecular weight excluding hydrogens is 512 g/mol. The van der Waals surface area contributed by atoms with E-state index in [4.69, 9.17) is 11.6 Å². The Hall–Kier alpha value is -3.17. The van der Waals surface area contributed by atoms with Gasteiger partial charge < -0.3 is 20.1 Å². The summed E-state index contributed by atoms with van der Waals surface area (Å²) in [6, 6.07) is 21.2. The zero-order valence-corrected chi connectivity index (χ0v) is 22.1. The van der Waals surface area contributed by atoms with Crippen molar-refractivity contribution < 1.29 is 23.4 Å². The van der Waals surface area contributed by atoms with E-state index in [0.717, 1.165) is 33.8 Å². The topological polar surface area (TPSA) is 109 Å². The van der Waals surface area contributed by atoms with Gasteiger partial charge in [0.15, 0.2) is 9.84 Å². The minimum absolute atomic E-state index is 0.0701. The number of carboxylic acid groups (broad SMARTS) is 1. The third kappa shape index (κ3) is 6.59. The standard InChI is InChI=1S/C28H29ClN2O5S/c1-18(30-16-27(32)21-4-3-5-23(29)14-21)12-20-8-11-25-22(13-20)15-26(28(33)34)31(25)17-19-6-9-24(10-7-19)37(2,35)36/h3-11,13-15,18,27,30,32H,12,16-17H2,1-2H3,(H,33,34)/t18?,27-/m0/s1. The fourth-order valence-corrected chi connectivity index (χ4v) is 5.22. The first kappa shape index (κ1) is 26.9. The largest absolute Gasteiger partial charge is 0.477 e. The highest BCUT2D eigenvalue weighted by molar-refractivity contribution is 7.90. The van der Waals surface area contributed by atoms with Crippen molar-refractivity contribution in [3.63, 3.8) is 0 Å². The third-order valence-electron chi connectivity index (χ3n) is 6.31. The SMILES string of the molecule is CC(Cc1ccc2c(c1)cc(C(=O)O)n2Cc1ccc(S(C)(=O)=O)cc1)NC[C@H](O)c1cccc(Cl)c1. The second-order valence-electron chi connectivity index (χ2n) is 9.31. The number of nitrogens with one attached hydrogen (secondary N) is 1. The average molecular weight is 541 g/mol. The molecule has 0 aliphatic carbocycles. The number of aromatic carboxylic acids is 1. The van der Waals surface area contributed by atoms with Crippen LogP contribution < -0.4 is 5.32 Å². The lowest BCUT2D eigenvalue weighted by molar-refractivity contribution is 0.0686. The zero-order chi connectivity index (χ0) is 26.7. The van der Waals surface area contributed by atoms with Crippen molar-refractivity contribution in [3.8, 4) is 0 Å². The molecule has 9 heteroatoms. The molecule has 0 aliphatic rings. The number of rotatable bonds is 10. The molecule has 1 heterocycles. The third-order valence-corrected chi connectivity index (χ3v) is 7.68. The van der Waals surface area contributed by atoms with Gasteiger partial charge in [-0.05, 0) is 72.5 Å². The first-order chi connectivity index (χ1) is 17.5. The van der Waals surface area contributed by atoms with Gasteiger partial charge in [0.1, 0.15) is 5.69 Å². The Morgan fingerprint density at radius 3 is 2.38 bits per heavy atom. The minimum atomic E-state index is -3.30. The van der Waals surface area contributed by atoms with Crippen molar-refractivity contribution in [2.75, 3.05) is 12.8 Å². The molecule has 0 saturated heterocycles. The lowest BCUT2D eigenvalue weighted by Gasteiger charge is -2.18. The van der Waals surface area contributed by atoms with Gasteiger partial charge >= 0.3 is 5.97 Å². The number of fused-ring (bicyclic) bond motifs is 1. The Morgan fingerprint density at radius 2 is 1.73 bits per heavy atom. The van der Waals surface area contributed by atoms with Crippen LogP contribution in [0.5, 0.6) is 0 Å². The van der Waals surface area contributed by atoms with E-state index < -0.39 is 21.9 Å². The van der Waals surface area contributed by atoms with Gasteiger partial charge in [-0.1, -0.05) is 41.9 Å². The van der Waals surface area contributed by atoms with Crippen LogP contribution in [0.15, 0.2) is 77.7 Å². The number of halogens is 1. The second-order valence-corrected chi connectivity index (χ2v) is 11.8. The monoisotopic (exact) mass is 540 g/mol. The van der Waals surface area contributed by atoms with Crippen LogP contribution >= 0.6 is 11.6 Å².